The molecule has 0 saturated heterocycles. The lowest BCUT2D eigenvalue weighted by Crippen LogP contribution is -2.40. The van der Waals surface area contributed by atoms with Crippen LogP contribution >= 0.6 is 0 Å². The lowest BCUT2D eigenvalue weighted by molar-refractivity contribution is -0.120. The summed E-state index contributed by atoms with van der Waals surface area (Å²) in [5, 5.41) is 0. The first-order valence-corrected chi connectivity index (χ1v) is 8.90. The van der Waals surface area contributed by atoms with E-state index in [4.69, 9.17) is 0 Å². The van der Waals surface area contributed by atoms with Gasteiger partial charge in [-0.25, -0.2) is 0 Å². The van der Waals surface area contributed by atoms with Crippen LogP contribution in [0.2, 0.25) is 0 Å². The Morgan fingerprint density at radius 1 is 1.00 bits per heavy atom. The standard InChI is InChI=1S/C21H24N2O/c1-22-14-12-16-7-2-4-10-18(16)20(22)15-21(24)23-13-6-9-17-8-3-5-11-19(17)23/h2-5,7-8,10-11,20H,6,9,12-15H2,1H3. The normalized spacial score (nSPS) is 20.4. The molecule has 1 amide bonds. The highest BCUT2D eigenvalue weighted by Crippen LogP contribution is 2.33. The number of carbonyl (C=O) groups excluding carboxylic acids is 1. The fourth-order valence-electron chi connectivity index (χ4n) is 4.11. The lowest BCUT2D eigenvalue weighted by Gasteiger charge is -2.36. The minimum atomic E-state index is 0.191. The Morgan fingerprint density at radius 3 is 2.62 bits per heavy atom. The van der Waals surface area contributed by atoms with Gasteiger partial charge in [-0.15, -0.1) is 0 Å². The summed E-state index contributed by atoms with van der Waals surface area (Å²) in [6.45, 7) is 1.86. The molecular formula is C21H24N2O. The number of likely N-dealkylation sites (N-methyl/N-ethyl adjacent to an activating group) is 1. The zero-order valence-corrected chi connectivity index (χ0v) is 14.2. The average molecular weight is 320 g/mol. The maximum absolute atomic E-state index is 13.1. The molecule has 0 aromatic heterocycles. The summed E-state index contributed by atoms with van der Waals surface area (Å²) < 4.78 is 0. The highest BCUT2D eigenvalue weighted by Gasteiger charge is 2.30. The van der Waals surface area contributed by atoms with Gasteiger partial charge in [-0.2, -0.15) is 0 Å². The molecule has 2 aliphatic rings. The van der Waals surface area contributed by atoms with Gasteiger partial charge in [0.05, 0.1) is 0 Å². The van der Waals surface area contributed by atoms with Crippen molar-refractivity contribution in [2.24, 2.45) is 0 Å². The van der Waals surface area contributed by atoms with Crippen LogP contribution in [0.15, 0.2) is 48.5 Å². The molecule has 0 fully saturated rings. The van der Waals surface area contributed by atoms with Crippen LogP contribution in [-0.4, -0.2) is 30.9 Å². The SMILES string of the molecule is CN1CCc2ccccc2C1CC(=O)N1CCCc2ccccc21. The van der Waals surface area contributed by atoms with Crippen LogP contribution in [-0.2, 0) is 17.6 Å². The number of para-hydroxylation sites is 1. The van der Waals surface area contributed by atoms with Crippen molar-refractivity contribution in [2.45, 2.75) is 31.7 Å². The molecular weight excluding hydrogens is 296 g/mol. The number of hydrogen-bond acceptors (Lipinski definition) is 2. The molecule has 24 heavy (non-hydrogen) atoms. The molecule has 0 spiro atoms. The van der Waals surface area contributed by atoms with Gasteiger partial charge < -0.3 is 4.90 Å². The molecule has 0 aliphatic carbocycles. The molecule has 0 N–H and O–H groups in total. The summed E-state index contributed by atoms with van der Waals surface area (Å²) in [6.07, 6.45) is 3.76. The van der Waals surface area contributed by atoms with E-state index in [2.05, 4.69) is 54.4 Å². The van der Waals surface area contributed by atoms with Gasteiger partial charge in [0.2, 0.25) is 5.91 Å². The Kier molecular flexibility index (Phi) is 4.11. The number of benzene rings is 2. The van der Waals surface area contributed by atoms with Crippen LogP contribution in [0.4, 0.5) is 5.69 Å². The molecule has 2 aliphatic heterocycles. The van der Waals surface area contributed by atoms with Gasteiger partial charge in [0.1, 0.15) is 0 Å². The van der Waals surface area contributed by atoms with Gasteiger partial charge in [0, 0.05) is 31.2 Å². The van der Waals surface area contributed by atoms with Crippen molar-refractivity contribution < 1.29 is 4.79 Å². The minimum absolute atomic E-state index is 0.191. The van der Waals surface area contributed by atoms with E-state index in [1.807, 2.05) is 11.0 Å². The number of nitrogens with zero attached hydrogens (tertiary/aromatic N) is 2. The van der Waals surface area contributed by atoms with E-state index in [1.165, 1.54) is 16.7 Å². The Balaban J connectivity index is 1.59. The number of carbonyl (C=O) groups is 1. The molecule has 3 heteroatoms. The zero-order valence-electron chi connectivity index (χ0n) is 14.2. The first-order chi connectivity index (χ1) is 11.7. The van der Waals surface area contributed by atoms with Gasteiger partial charge >= 0.3 is 0 Å². The van der Waals surface area contributed by atoms with Crippen molar-refractivity contribution in [3.05, 3.63) is 65.2 Å². The number of anilines is 1. The van der Waals surface area contributed by atoms with E-state index < -0.39 is 0 Å². The second-order valence-corrected chi connectivity index (χ2v) is 6.93. The Morgan fingerprint density at radius 2 is 1.75 bits per heavy atom. The van der Waals surface area contributed by atoms with Crippen molar-refractivity contribution >= 4 is 11.6 Å². The van der Waals surface area contributed by atoms with E-state index in [1.54, 1.807) is 0 Å². The summed E-state index contributed by atoms with van der Waals surface area (Å²) in [6, 6.07) is 17.1. The van der Waals surface area contributed by atoms with Crippen LogP contribution in [0.5, 0.6) is 0 Å². The number of hydrogen-bond donors (Lipinski definition) is 0. The minimum Gasteiger partial charge on any atom is -0.312 e. The van der Waals surface area contributed by atoms with E-state index in [9.17, 15) is 4.79 Å². The maximum atomic E-state index is 13.1. The molecule has 3 nitrogen and oxygen atoms in total. The Hall–Kier alpha value is -2.13. The molecule has 1 unspecified atom stereocenters. The van der Waals surface area contributed by atoms with Crippen LogP contribution < -0.4 is 4.90 Å². The zero-order chi connectivity index (χ0) is 16.5. The molecule has 2 aromatic carbocycles. The molecule has 0 radical (unpaired) electrons. The first kappa shape index (κ1) is 15.4. The van der Waals surface area contributed by atoms with Crippen molar-refractivity contribution in [1.82, 2.24) is 4.90 Å². The number of rotatable bonds is 2. The highest BCUT2D eigenvalue weighted by atomic mass is 16.2. The van der Waals surface area contributed by atoms with Crippen LogP contribution in [0.1, 0.15) is 35.6 Å². The Bertz CT molecular complexity index is 755. The smallest absolute Gasteiger partial charge is 0.228 e. The topological polar surface area (TPSA) is 23.6 Å². The fourth-order valence-corrected chi connectivity index (χ4v) is 4.11. The molecule has 4 rings (SSSR count). The quantitative estimate of drug-likeness (QED) is 0.844. The number of aryl methyl sites for hydroxylation is 1. The molecule has 0 bridgehead atoms. The molecule has 0 saturated carbocycles. The number of amides is 1. The third-order valence-corrected chi connectivity index (χ3v) is 5.46. The maximum Gasteiger partial charge on any atom is 0.228 e. The lowest BCUT2D eigenvalue weighted by atomic mass is 9.90. The second-order valence-electron chi connectivity index (χ2n) is 6.93. The summed E-state index contributed by atoms with van der Waals surface area (Å²) in [7, 11) is 2.14. The van der Waals surface area contributed by atoms with Crippen LogP contribution in [0.3, 0.4) is 0 Å². The van der Waals surface area contributed by atoms with E-state index >= 15 is 0 Å². The third kappa shape index (κ3) is 2.73. The van der Waals surface area contributed by atoms with Crippen molar-refractivity contribution in [3.8, 4) is 0 Å². The van der Waals surface area contributed by atoms with Gasteiger partial charge in [-0.3, -0.25) is 9.69 Å². The van der Waals surface area contributed by atoms with Crippen LogP contribution in [0.25, 0.3) is 0 Å². The van der Waals surface area contributed by atoms with Crippen molar-refractivity contribution in [2.75, 3.05) is 25.0 Å². The predicted molar refractivity (Wildman–Crippen MR) is 97.3 cm³/mol. The van der Waals surface area contributed by atoms with E-state index in [0.29, 0.717) is 6.42 Å². The fraction of sp³-hybridized carbons (Fsp3) is 0.381. The largest absolute Gasteiger partial charge is 0.312 e. The second kappa shape index (κ2) is 6.40. The molecule has 2 heterocycles. The van der Waals surface area contributed by atoms with Crippen molar-refractivity contribution in [1.29, 1.82) is 0 Å². The van der Waals surface area contributed by atoms with Crippen molar-refractivity contribution in [3.63, 3.8) is 0 Å². The monoisotopic (exact) mass is 320 g/mol. The van der Waals surface area contributed by atoms with Gasteiger partial charge in [0.15, 0.2) is 0 Å². The third-order valence-electron chi connectivity index (χ3n) is 5.46. The summed E-state index contributed by atoms with van der Waals surface area (Å²) in [4.78, 5) is 17.4. The average Bonchev–Trinajstić information content (AvgIpc) is 2.63. The summed E-state index contributed by atoms with van der Waals surface area (Å²) in [5.74, 6) is 0.246. The van der Waals surface area contributed by atoms with E-state index in [-0.39, 0.29) is 11.9 Å². The first-order valence-electron chi connectivity index (χ1n) is 8.90. The number of fused-ring (bicyclic) bond motifs is 2. The van der Waals surface area contributed by atoms with Gasteiger partial charge in [0.25, 0.3) is 0 Å². The van der Waals surface area contributed by atoms with Gasteiger partial charge in [-0.05, 0) is 49.1 Å². The predicted octanol–water partition coefficient (Wildman–Crippen LogP) is 3.59. The Labute approximate surface area is 143 Å². The van der Waals surface area contributed by atoms with E-state index in [0.717, 1.165) is 38.0 Å². The molecule has 2 aromatic rings. The summed E-state index contributed by atoms with van der Waals surface area (Å²) >= 11 is 0. The molecule has 1 atom stereocenters. The summed E-state index contributed by atoms with van der Waals surface area (Å²) in [5.41, 5.74) is 5.13. The highest BCUT2D eigenvalue weighted by molar-refractivity contribution is 5.95. The van der Waals surface area contributed by atoms with Crippen LogP contribution in [0, 0.1) is 0 Å². The van der Waals surface area contributed by atoms with Gasteiger partial charge in [-0.1, -0.05) is 42.5 Å². The molecule has 124 valence electrons.